The molecule has 1 rings (SSSR count). The molecule has 5 nitrogen and oxygen atoms in total. The number of likely N-dealkylation sites (N-methyl/N-ethyl adjacent to an activating group) is 2. The van der Waals surface area contributed by atoms with Crippen LogP contribution in [0.4, 0.5) is 0 Å². The van der Waals surface area contributed by atoms with Gasteiger partial charge in [-0.05, 0) is 24.7 Å². The Bertz CT molecular complexity index is 543. The summed E-state index contributed by atoms with van der Waals surface area (Å²) < 4.78 is 24.9. The van der Waals surface area contributed by atoms with E-state index in [0.717, 1.165) is 4.47 Å². The molecule has 0 spiro atoms. The molecule has 0 unspecified atom stereocenters. The first kappa shape index (κ1) is 17.1. The SMILES string of the molecule is CNCCN(C)C(=O)CS(=O)(=O)Cc1ccc(Br)cc1. The van der Waals surface area contributed by atoms with E-state index in [1.54, 1.807) is 38.4 Å². The van der Waals surface area contributed by atoms with Crippen LogP contribution in [0.5, 0.6) is 0 Å². The molecule has 1 aromatic carbocycles. The fourth-order valence-electron chi connectivity index (χ4n) is 1.59. The van der Waals surface area contributed by atoms with Crippen molar-refractivity contribution in [2.75, 3.05) is 32.9 Å². The fraction of sp³-hybridized carbons (Fsp3) is 0.462. The van der Waals surface area contributed by atoms with E-state index < -0.39 is 15.6 Å². The fourth-order valence-corrected chi connectivity index (χ4v) is 3.25. The molecule has 7 heteroatoms. The zero-order valence-electron chi connectivity index (χ0n) is 11.6. The highest BCUT2D eigenvalue weighted by Crippen LogP contribution is 2.13. The molecule has 0 radical (unpaired) electrons. The third-order valence-electron chi connectivity index (χ3n) is 2.77. The van der Waals surface area contributed by atoms with E-state index in [-0.39, 0.29) is 11.7 Å². The minimum absolute atomic E-state index is 0.119. The number of halogens is 1. The van der Waals surface area contributed by atoms with Gasteiger partial charge in [0.05, 0.1) is 5.75 Å². The molecule has 20 heavy (non-hydrogen) atoms. The summed E-state index contributed by atoms with van der Waals surface area (Å²) in [6, 6.07) is 7.03. The monoisotopic (exact) mass is 362 g/mol. The predicted octanol–water partition coefficient (Wildman–Crippen LogP) is 1.04. The van der Waals surface area contributed by atoms with Gasteiger partial charge in [0, 0.05) is 24.6 Å². The molecule has 0 saturated carbocycles. The first-order valence-electron chi connectivity index (χ1n) is 6.17. The number of carbonyl (C=O) groups is 1. The van der Waals surface area contributed by atoms with Crippen molar-refractivity contribution in [2.24, 2.45) is 0 Å². The van der Waals surface area contributed by atoms with Gasteiger partial charge >= 0.3 is 0 Å². The lowest BCUT2D eigenvalue weighted by Gasteiger charge is -2.16. The van der Waals surface area contributed by atoms with Gasteiger partial charge in [0.15, 0.2) is 9.84 Å². The van der Waals surface area contributed by atoms with Crippen molar-refractivity contribution in [1.29, 1.82) is 0 Å². The van der Waals surface area contributed by atoms with Crippen LogP contribution in [0.15, 0.2) is 28.7 Å². The van der Waals surface area contributed by atoms with E-state index in [2.05, 4.69) is 21.2 Å². The number of carbonyl (C=O) groups excluding carboxylic acids is 1. The molecule has 0 aromatic heterocycles. The van der Waals surface area contributed by atoms with Gasteiger partial charge in [-0.3, -0.25) is 4.79 Å². The number of rotatable bonds is 7. The Balaban J connectivity index is 2.61. The molecular weight excluding hydrogens is 344 g/mol. The maximum atomic E-state index is 12.0. The number of sulfone groups is 1. The van der Waals surface area contributed by atoms with Crippen LogP contribution in [0.2, 0.25) is 0 Å². The lowest BCUT2D eigenvalue weighted by molar-refractivity contribution is -0.127. The number of benzene rings is 1. The van der Waals surface area contributed by atoms with Gasteiger partial charge in [-0.15, -0.1) is 0 Å². The van der Waals surface area contributed by atoms with Crippen molar-refractivity contribution in [1.82, 2.24) is 10.2 Å². The predicted molar refractivity (Wildman–Crippen MR) is 83.2 cm³/mol. The Labute approximate surface area is 128 Å². The van der Waals surface area contributed by atoms with Crippen LogP contribution < -0.4 is 5.32 Å². The summed E-state index contributed by atoms with van der Waals surface area (Å²) in [6.07, 6.45) is 0. The molecule has 0 fully saturated rings. The summed E-state index contributed by atoms with van der Waals surface area (Å²) in [5.41, 5.74) is 0.680. The highest BCUT2D eigenvalue weighted by molar-refractivity contribution is 9.10. The van der Waals surface area contributed by atoms with Crippen LogP contribution in [-0.4, -0.2) is 52.2 Å². The molecule has 0 aliphatic carbocycles. The molecule has 0 atom stereocenters. The molecule has 0 aliphatic rings. The number of hydrogen-bond donors (Lipinski definition) is 1. The van der Waals surface area contributed by atoms with Gasteiger partial charge in [0.2, 0.25) is 5.91 Å². The zero-order valence-corrected chi connectivity index (χ0v) is 14.0. The first-order chi connectivity index (χ1) is 9.34. The van der Waals surface area contributed by atoms with Crippen molar-refractivity contribution in [3.8, 4) is 0 Å². The largest absolute Gasteiger partial charge is 0.344 e. The average Bonchev–Trinajstić information content (AvgIpc) is 2.37. The number of nitrogens with one attached hydrogen (secondary N) is 1. The third-order valence-corrected chi connectivity index (χ3v) is 4.75. The maximum Gasteiger partial charge on any atom is 0.237 e. The second-order valence-electron chi connectivity index (χ2n) is 4.58. The van der Waals surface area contributed by atoms with Crippen molar-refractivity contribution in [3.05, 3.63) is 34.3 Å². The maximum absolute atomic E-state index is 12.0. The van der Waals surface area contributed by atoms with Gasteiger partial charge in [0.1, 0.15) is 5.75 Å². The first-order valence-corrected chi connectivity index (χ1v) is 8.79. The summed E-state index contributed by atoms with van der Waals surface area (Å²) in [7, 11) is -0.0574. The van der Waals surface area contributed by atoms with Crippen LogP contribution in [0, 0.1) is 0 Å². The molecular formula is C13H19BrN2O3S. The van der Waals surface area contributed by atoms with Gasteiger partial charge in [-0.1, -0.05) is 28.1 Å². The summed E-state index contributed by atoms with van der Waals surface area (Å²) in [5.74, 6) is -0.952. The van der Waals surface area contributed by atoms with Crippen LogP contribution >= 0.6 is 15.9 Å². The summed E-state index contributed by atoms with van der Waals surface area (Å²) in [6.45, 7) is 1.12. The highest BCUT2D eigenvalue weighted by atomic mass is 79.9. The third kappa shape index (κ3) is 6.02. The molecule has 1 amide bonds. The Hall–Kier alpha value is -0.920. The zero-order chi connectivity index (χ0) is 15.2. The number of amides is 1. The standard InChI is InChI=1S/C13H19BrN2O3S/c1-15-7-8-16(2)13(17)10-20(18,19)9-11-3-5-12(14)6-4-11/h3-6,15H,7-10H2,1-2H3. The Morgan fingerprint density at radius 1 is 1.30 bits per heavy atom. The Morgan fingerprint density at radius 2 is 1.90 bits per heavy atom. The van der Waals surface area contributed by atoms with Gasteiger partial charge in [0.25, 0.3) is 0 Å². The van der Waals surface area contributed by atoms with E-state index in [1.165, 1.54) is 4.90 Å². The lowest BCUT2D eigenvalue weighted by Crippen LogP contribution is -2.36. The number of hydrogen-bond acceptors (Lipinski definition) is 4. The normalized spacial score (nSPS) is 11.3. The van der Waals surface area contributed by atoms with Crippen molar-refractivity contribution < 1.29 is 13.2 Å². The Kier molecular flexibility index (Phi) is 6.64. The van der Waals surface area contributed by atoms with E-state index >= 15 is 0 Å². The minimum atomic E-state index is -3.44. The van der Waals surface area contributed by atoms with Crippen LogP contribution in [0.1, 0.15) is 5.56 Å². The molecule has 0 aliphatic heterocycles. The van der Waals surface area contributed by atoms with Gasteiger partial charge in [-0.2, -0.15) is 0 Å². The Morgan fingerprint density at radius 3 is 2.45 bits per heavy atom. The number of nitrogens with zero attached hydrogens (tertiary/aromatic N) is 1. The van der Waals surface area contributed by atoms with E-state index in [1.807, 2.05) is 0 Å². The lowest BCUT2D eigenvalue weighted by atomic mass is 10.2. The molecule has 0 saturated heterocycles. The minimum Gasteiger partial charge on any atom is -0.344 e. The smallest absolute Gasteiger partial charge is 0.237 e. The van der Waals surface area contributed by atoms with E-state index in [0.29, 0.717) is 18.7 Å². The van der Waals surface area contributed by atoms with E-state index in [4.69, 9.17) is 0 Å². The summed E-state index contributed by atoms with van der Waals surface area (Å²) in [4.78, 5) is 13.2. The van der Waals surface area contributed by atoms with Crippen molar-refractivity contribution >= 4 is 31.7 Å². The van der Waals surface area contributed by atoms with Gasteiger partial charge in [-0.25, -0.2) is 8.42 Å². The highest BCUT2D eigenvalue weighted by Gasteiger charge is 2.19. The molecule has 1 N–H and O–H groups in total. The molecule has 0 heterocycles. The van der Waals surface area contributed by atoms with Crippen LogP contribution in [0.25, 0.3) is 0 Å². The molecule has 1 aromatic rings. The molecule has 112 valence electrons. The van der Waals surface area contributed by atoms with Crippen molar-refractivity contribution in [2.45, 2.75) is 5.75 Å². The second kappa shape index (κ2) is 7.75. The molecule has 0 bridgehead atoms. The topological polar surface area (TPSA) is 66.5 Å². The van der Waals surface area contributed by atoms with Crippen LogP contribution in [0.3, 0.4) is 0 Å². The average molecular weight is 363 g/mol. The summed E-state index contributed by atoms with van der Waals surface area (Å²) in [5, 5.41) is 2.91. The quantitative estimate of drug-likeness (QED) is 0.786. The second-order valence-corrected chi connectivity index (χ2v) is 7.56. The van der Waals surface area contributed by atoms with Crippen LogP contribution in [-0.2, 0) is 20.4 Å². The van der Waals surface area contributed by atoms with E-state index in [9.17, 15) is 13.2 Å². The summed E-state index contributed by atoms with van der Waals surface area (Å²) >= 11 is 3.29. The van der Waals surface area contributed by atoms with Gasteiger partial charge < -0.3 is 10.2 Å². The van der Waals surface area contributed by atoms with Crippen molar-refractivity contribution in [3.63, 3.8) is 0 Å².